The first-order valence-electron chi connectivity index (χ1n) is 7.12. The van der Waals surface area contributed by atoms with Gasteiger partial charge in [-0.3, -0.25) is 4.79 Å². The molecule has 1 unspecified atom stereocenters. The van der Waals surface area contributed by atoms with Crippen molar-refractivity contribution in [1.29, 1.82) is 0 Å². The van der Waals surface area contributed by atoms with E-state index in [1.165, 1.54) is 25.7 Å². The highest BCUT2D eigenvalue weighted by Crippen LogP contribution is 2.29. The van der Waals surface area contributed by atoms with Crippen molar-refractivity contribution in [3.63, 3.8) is 0 Å². The molecule has 1 aliphatic carbocycles. The van der Waals surface area contributed by atoms with Crippen LogP contribution in [0.2, 0.25) is 0 Å². The van der Waals surface area contributed by atoms with Crippen molar-refractivity contribution in [2.24, 2.45) is 5.92 Å². The highest BCUT2D eigenvalue weighted by atomic mass is 19.2. The molecular weight excluding hydrogens is 262 g/mol. The minimum atomic E-state index is -0.931. The van der Waals surface area contributed by atoms with Crippen LogP contribution in [0, 0.1) is 17.6 Å². The molecule has 1 fully saturated rings. The quantitative estimate of drug-likeness (QED) is 0.823. The number of ether oxygens (including phenoxy) is 1. The Bertz CT molecular complexity index is 468. The van der Waals surface area contributed by atoms with Gasteiger partial charge >= 0.3 is 0 Å². The zero-order valence-electron chi connectivity index (χ0n) is 11.7. The van der Waals surface area contributed by atoms with Gasteiger partial charge in [0.2, 0.25) is 0 Å². The van der Waals surface area contributed by atoms with Crippen molar-refractivity contribution in [3.8, 4) is 0 Å². The van der Waals surface area contributed by atoms with Crippen LogP contribution in [0.4, 0.5) is 8.78 Å². The van der Waals surface area contributed by atoms with Crippen molar-refractivity contribution in [1.82, 2.24) is 0 Å². The average Bonchev–Trinajstić information content (AvgIpc) is 2.46. The van der Waals surface area contributed by atoms with Crippen LogP contribution in [0.1, 0.15) is 37.7 Å². The Hall–Kier alpha value is -1.29. The summed E-state index contributed by atoms with van der Waals surface area (Å²) in [4.78, 5) is 12.3. The molecule has 1 aliphatic rings. The van der Waals surface area contributed by atoms with E-state index in [2.05, 4.69) is 0 Å². The first kappa shape index (κ1) is 15.1. The molecular formula is C16H20F2O2. The predicted molar refractivity (Wildman–Crippen MR) is 72.4 cm³/mol. The third-order valence-electron chi connectivity index (χ3n) is 4.05. The monoisotopic (exact) mass is 282 g/mol. The van der Waals surface area contributed by atoms with Gasteiger partial charge in [-0.25, -0.2) is 8.78 Å². The molecule has 0 spiro atoms. The molecule has 20 heavy (non-hydrogen) atoms. The van der Waals surface area contributed by atoms with Crippen LogP contribution in [0.25, 0.3) is 0 Å². The molecule has 0 N–H and O–H groups in total. The second kappa shape index (κ2) is 6.93. The number of hydrogen-bond acceptors (Lipinski definition) is 2. The van der Waals surface area contributed by atoms with E-state index in [0.717, 1.165) is 31.7 Å². The van der Waals surface area contributed by atoms with Crippen LogP contribution in [0.3, 0.4) is 0 Å². The minimum absolute atomic E-state index is 0.104. The number of methoxy groups -OCH3 is 1. The third kappa shape index (κ3) is 3.42. The van der Waals surface area contributed by atoms with E-state index in [4.69, 9.17) is 4.74 Å². The van der Waals surface area contributed by atoms with Crippen LogP contribution in [-0.2, 0) is 16.0 Å². The molecule has 0 aromatic heterocycles. The van der Waals surface area contributed by atoms with Gasteiger partial charge in [0.25, 0.3) is 0 Å². The number of rotatable bonds is 5. The summed E-state index contributed by atoms with van der Waals surface area (Å²) in [6.45, 7) is 0. The summed E-state index contributed by atoms with van der Waals surface area (Å²) in [5, 5.41) is 0. The third-order valence-corrected chi connectivity index (χ3v) is 4.05. The van der Waals surface area contributed by atoms with Crippen LogP contribution in [-0.4, -0.2) is 19.0 Å². The van der Waals surface area contributed by atoms with E-state index in [0.29, 0.717) is 0 Å². The fraction of sp³-hybridized carbons (Fsp3) is 0.562. The Labute approximate surface area is 118 Å². The Morgan fingerprint density at radius 1 is 1.30 bits per heavy atom. The highest BCUT2D eigenvalue weighted by Gasteiger charge is 2.29. The van der Waals surface area contributed by atoms with Crippen LogP contribution in [0.5, 0.6) is 0 Å². The second-order valence-electron chi connectivity index (χ2n) is 5.41. The van der Waals surface area contributed by atoms with Gasteiger partial charge in [-0.2, -0.15) is 0 Å². The zero-order chi connectivity index (χ0) is 14.5. The molecule has 2 rings (SSSR count). The average molecular weight is 282 g/mol. The molecule has 0 saturated heterocycles. The van der Waals surface area contributed by atoms with E-state index in [-0.39, 0.29) is 23.7 Å². The molecule has 0 radical (unpaired) electrons. The topological polar surface area (TPSA) is 26.3 Å². The second-order valence-corrected chi connectivity index (χ2v) is 5.41. The number of ketones is 1. The molecule has 4 heteroatoms. The number of Topliss-reactive ketones (excluding diaryl/α,β-unsaturated/α-hetero) is 1. The molecule has 2 nitrogen and oxygen atoms in total. The molecule has 0 heterocycles. The van der Waals surface area contributed by atoms with E-state index >= 15 is 0 Å². The van der Waals surface area contributed by atoms with Gasteiger partial charge in [0.1, 0.15) is 6.10 Å². The van der Waals surface area contributed by atoms with Gasteiger partial charge < -0.3 is 4.74 Å². The maximum absolute atomic E-state index is 13.6. The van der Waals surface area contributed by atoms with Gasteiger partial charge in [-0.15, -0.1) is 0 Å². The molecule has 0 aliphatic heterocycles. The number of carbonyl (C=O) groups excluding carboxylic acids is 1. The molecule has 1 aromatic carbocycles. The molecule has 1 saturated carbocycles. The van der Waals surface area contributed by atoms with E-state index in [9.17, 15) is 13.6 Å². The lowest BCUT2D eigenvalue weighted by atomic mass is 9.82. The molecule has 1 aromatic rings. The fourth-order valence-corrected chi connectivity index (χ4v) is 3.00. The number of hydrogen-bond donors (Lipinski definition) is 0. The molecule has 0 amide bonds. The van der Waals surface area contributed by atoms with E-state index < -0.39 is 17.7 Å². The van der Waals surface area contributed by atoms with Gasteiger partial charge in [0.15, 0.2) is 17.4 Å². The minimum Gasteiger partial charge on any atom is -0.373 e. The summed E-state index contributed by atoms with van der Waals surface area (Å²) >= 11 is 0. The standard InChI is InChI=1S/C16H20F2O2/c1-20-16(11-6-3-2-4-7-11)14(19)10-12-8-5-9-13(17)15(12)18/h5,8-9,11,16H,2-4,6-7,10H2,1H3. The van der Waals surface area contributed by atoms with Crippen LogP contribution >= 0.6 is 0 Å². The smallest absolute Gasteiger partial charge is 0.166 e. The van der Waals surface area contributed by atoms with Crippen molar-refractivity contribution >= 4 is 5.78 Å². The lowest BCUT2D eigenvalue weighted by Gasteiger charge is -2.28. The van der Waals surface area contributed by atoms with Crippen molar-refractivity contribution in [2.45, 2.75) is 44.6 Å². The summed E-state index contributed by atoms with van der Waals surface area (Å²) in [5.74, 6) is -1.80. The normalized spacial score (nSPS) is 17.9. The van der Waals surface area contributed by atoms with Crippen molar-refractivity contribution in [3.05, 3.63) is 35.4 Å². The van der Waals surface area contributed by atoms with Gasteiger partial charge in [-0.1, -0.05) is 31.4 Å². The summed E-state index contributed by atoms with van der Waals surface area (Å²) in [6, 6.07) is 3.92. The first-order valence-corrected chi connectivity index (χ1v) is 7.12. The van der Waals surface area contributed by atoms with E-state index in [1.807, 2.05) is 0 Å². The Balaban J connectivity index is 2.07. The Morgan fingerprint density at radius 2 is 2.00 bits per heavy atom. The number of carbonyl (C=O) groups is 1. The maximum atomic E-state index is 13.6. The van der Waals surface area contributed by atoms with E-state index in [1.54, 1.807) is 0 Å². The summed E-state index contributed by atoms with van der Waals surface area (Å²) in [7, 11) is 1.51. The van der Waals surface area contributed by atoms with Crippen LogP contribution < -0.4 is 0 Å². The first-order chi connectivity index (χ1) is 9.63. The number of halogens is 2. The fourth-order valence-electron chi connectivity index (χ4n) is 3.00. The zero-order valence-corrected chi connectivity index (χ0v) is 11.7. The molecule has 0 bridgehead atoms. The van der Waals surface area contributed by atoms with Crippen molar-refractivity contribution < 1.29 is 18.3 Å². The summed E-state index contributed by atoms with van der Waals surface area (Å²) in [5.41, 5.74) is 0.104. The largest absolute Gasteiger partial charge is 0.373 e. The summed E-state index contributed by atoms with van der Waals surface area (Å²) < 4.78 is 32.1. The summed E-state index contributed by atoms with van der Waals surface area (Å²) in [6.07, 6.45) is 4.72. The number of benzene rings is 1. The lowest BCUT2D eigenvalue weighted by Crippen LogP contribution is -2.34. The lowest BCUT2D eigenvalue weighted by molar-refractivity contribution is -0.132. The molecule has 1 atom stereocenters. The Kier molecular flexibility index (Phi) is 5.24. The molecule has 110 valence electrons. The van der Waals surface area contributed by atoms with Gasteiger partial charge in [0, 0.05) is 13.5 Å². The SMILES string of the molecule is COC(C(=O)Cc1cccc(F)c1F)C1CCCCC1. The maximum Gasteiger partial charge on any atom is 0.166 e. The van der Waals surface area contributed by atoms with Crippen LogP contribution in [0.15, 0.2) is 18.2 Å². The predicted octanol–water partition coefficient (Wildman–Crippen LogP) is 3.67. The van der Waals surface area contributed by atoms with Gasteiger partial charge in [-0.05, 0) is 30.4 Å². The van der Waals surface area contributed by atoms with Gasteiger partial charge in [0.05, 0.1) is 0 Å². The Morgan fingerprint density at radius 3 is 2.65 bits per heavy atom. The highest BCUT2D eigenvalue weighted by molar-refractivity contribution is 5.85. The van der Waals surface area contributed by atoms with Crippen molar-refractivity contribution in [2.75, 3.05) is 7.11 Å².